The van der Waals surface area contributed by atoms with Crippen molar-refractivity contribution in [3.05, 3.63) is 46.7 Å². The van der Waals surface area contributed by atoms with E-state index in [9.17, 15) is 15.2 Å². The van der Waals surface area contributed by atoms with E-state index >= 15 is 0 Å². The zero-order chi connectivity index (χ0) is 15.9. The molecule has 0 fully saturated rings. The van der Waals surface area contributed by atoms with Crippen LogP contribution in [0.2, 0.25) is 0 Å². The highest BCUT2D eigenvalue weighted by Crippen LogP contribution is 2.16. The van der Waals surface area contributed by atoms with Gasteiger partial charge >= 0.3 is 5.69 Å². The molecular formula is C13H18N4O5. The first-order chi connectivity index (χ1) is 10.6. The number of nitro groups is 1. The van der Waals surface area contributed by atoms with Crippen LogP contribution in [-0.2, 0) is 6.54 Å². The Bertz CT molecular complexity index is 583. The van der Waals surface area contributed by atoms with E-state index in [-0.39, 0.29) is 31.4 Å². The first-order valence-corrected chi connectivity index (χ1v) is 6.82. The monoisotopic (exact) mass is 310 g/mol. The van der Waals surface area contributed by atoms with Crippen molar-refractivity contribution in [2.45, 2.75) is 25.1 Å². The fraction of sp³-hybridized carbons (Fsp3) is 0.462. The molecule has 9 nitrogen and oxygen atoms in total. The van der Waals surface area contributed by atoms with Gasteiger partial charge in [-0.05, 0) is 18.6 Å². The summed E-state index contributed by atoms with van der Waals surface area (Å²) in [6, 6.07) is 3.33. The van der Waals surface area contributed by atoms with E-state index in [1.54, 1.807) is 18.4 Å². The lowest BCUT2D eigenvalue weighted by Gasteiger charge is -2.18. The van der Waals surface area contributed by atoms with E-state index in [1.165, 1.54) is 10.9 Å². The van der Waals surface area contributed by atoms with E-state index in [4.69, 9.17) is 9.52 Å². The van der Waals surface area contributed by atoms with Gasteiger partial charge in [-0.25, -0.2) is 0 Å². The van der Waals surface area contributed by atoms with Crippen LogP contribution < -0.4 is 5.32 Å². The lowest BCUT2D eigenvalue weighted by atomic mass is 10.1. The highest BCUT2D eigenvalue weighted by atomic mass is 16.6. The van der Waals surface area contributed by atoms with Crippen LogP contribution in [0.25, 0.3) is 0 Å². The maximum Gasteiger partial charge on any atom is 0.306 e. The molecule has 0 saturated heterocycles. The molecule has 2 aromatic rings. The van der Waals surface area contributed by atoms with Crippen molar-refractivity contribution in [2.75, 3.05) is 13.2 Å². The van der Waals surface area contributed by atoms with E-state index in [0.29, 0.717) is 12.2 Å². The number of aliphatic hydroxyl groups is 2. The number of aliphatic hydroxyl groups excluding tert-OH is 2. The average molecular weight is 310 g/mol. The molecule has 2 atom stereocenters. The molecule has 9 heteroatoms. The normalized spacial score (nSPS) is 13.9. The minimum absolute atomic E-state index is 0.0141. The Hall–Kier alpha value is -2.23. The highest BCUT2D eigenvalue weighted by Gasteiger charge is 2.16. The van der Waals surface area contributed by atoms with Gasteiger partial charge in [0.1, 0.15) is 18.2 Å². The summed E-state index contributed by atoms with van der Waals surface area (Å²) in [4.78, 5) is 10.0. The van der Waals surface area contributed by atoms with Gasteiger partial charge in [0.15, 0.2) is 0 Å². The molecule has 2 heterocycles. The van der Waals surface area contributed by atoms with Crippen LogP contribution in [0.4, 0.5) is 5.69 Å². The molecule has 0 bridgehead atoms. The number of hydrogen-bond donors (Lipinski definition) is 3. The molecule has 120 valence electrons. The third-order valence-corrected chi connectivity index (χ3v) is 3.13. The van der Waals surface area contributed by atoms with E-state index in [1.807, 2.05) is 0 Å². The molecule has 0 aliphatic rings. The van der Waals surface area contributed by atoms with Gasteiger partial charge in [0.25, 0.3) is 0 Å². The highest BCUT2D eigenvalue weighted by molar-refractivity contribution is 5.20. The van der Waals surface area contributed by atoms with Gasteiger partial charge in [-0.2, -0.15) is 5.10 Å². The summed E-state index contributed by atoms with van der Waals surface area (Å²) in [6.07, 6.45) is 3.61. The van der Waals surface area contributed by atoms with Gasteiger partial charge in [-0.15, -0.1) is 0 Å². The van der Waals surface area contributed by atoms with Gasteiger partial charge in [0.2, 0.25) is 0 Å². The second-order valence-corrected chi connectivity index (χ2v) is 4.82. The van der Waals surface area contributed by atoms with Crippen LogP contribution in [0.5, 0.6) is 0 Å². The Kier molecular flexibility index (Phi) is 5.64. The maximum absolute atomic E-state index is 10.6. The zero-order valence-corrected chi connectivity index (χ0v) is 11.8. The van der Waals surface area contributed by atoms with Gasteiger partial charge in [0.05, 0.1) is 29.9 Å². The summed E-state index contributed by atoms with van der Waals surface area (Å²) in [5.74, 6) is 0.677. The predicted octanol–water partition coefficient (Wildman–Crippen LogP) is 0.458. The molecule has 0 radical (unpaired) electrons. The molecule has 0 saturated carbocycles. The summed E-state index contributed by atoms with van der Waals surface area (Å²) >= 11 is 0. The average Bonchev–Trinajstić information content (AvgIpc) is 3.14. The SMILES string of the molecule is O=[N+]([O-])c1cnn(CC(O)CNC(CCO)c2ccco2)c1. The number of nitrogens with zero attached hydrogens (tertiary/aromatic N) is 3. The molecule has 0 aliphatic carbocycles. The minimum Gasteiger partial charge on any atom is -0.468 e. The number of rotatable bonds is 9. The van der Waals surface area contributed by atoms with Crippen LogP contribution in [-0.4, -0.2) is 44.2 Å². The van der Waals surface area contributed by atoms with Crippen molar-refractivity contribution >= 4 is 5.69 Å². The second kappa shape index (κ2) is 7.69. The number of furan rings is 1. The summed E-state index contributed by atoms with van der Waals surface area (Å²) in [5, 5.41) is 36.5. The van der Waals surface area contributed by atoms with Crippen molar-refractivity contribution in [3.63, 3.8) is 0 Å². The molecule has 22 heavy (non-hydrogen) atoms. The standard InChI is InChI=1S/C13H18N4O5/c18-4-3-12(13-2-1-5-22-13)14-7-11(19)9-16-8-10(6-15-16)17(20)21/h1-2,5-6,8,11-12,14,18-19H,3-4,7,9H2. The van der Waals surface area contributed by atoms with Gasteiger partial charge in [-0.3, -0.25) is 14.8 Å². The van der Waals surface area contributed by atoms with Crippen LogP contribution in [0.3, 0.4) is 0 Å². The third kappa shape index (κ3) is 4.38. The van der Waals surface area contributed by atoms with Gasteiger partial charge < -0.3 is 19.9 Å². The second-order valence-electron chi connectivity index (χ2n) is 4.82. The predicted molar refractivity (Wildman–Crippen MR) is 76.0 cm³/mol. The van der Waals surface area contributed by atoms with E-state index < -0.39 is 11.0 Å². The molecule has 2 rings (SSSR count). The smallest absolute Gasteiger partial charge is 0.306 e. The van der Waals surface area contributed by atoms with E-state index in [0.717, 1.165) is 6.20 Å². The molecule has 0 amide bonds. The van der Waals surface area contributed by atoms with Gasteiger partial charge in [-0.1, -0.05) is 0 Å². The summed E-state index contributed by atoms with van der Waals surface area (Å²) in [7, 11) is 0. The number of hydrogen-bond acceptors (Lipinski definition) is 7. The molecule has 3 N–H and O–H groups in total. The maximum atomic E-state index is 10.6. The van der Waals surface area contributed by atoms with Crippen LogP contribution >= 0.6 is 0 Å². The first kappa shape index (κ1) is 16.1. The zero-order valence-electron chi connectivity index (χ0n) is 11.8. The third-order valence-electron chi connectivity index (χ3n) is 3.13. The number of nitrogens with one attached hydrogen (secondary N) is 1. The molecule has 0 spiro atoms. The Morgan fingerprint density at radius 2 is 2.36 bits per heavy atom. The molecular weight excluding hydrogens is 292 g/mol. The lowest BCUT2D eigenvalue weighted by molar-refractivity contribution is -0.385. The van der Waals surface area contributed by atoms with Crippen molar-refractivity contribution < 1.29 is 19.6 Å². The van der Waals surface area contributed by atoms with Crippen LogP contribution in [0, 0.1) is 10.1 Å². The Morgan fingerprint density at radius 1 is 1.55 bits per heavy atom. The van der Waals surface area contributed by atoms with Crippen LogP contribution in [0.15, 0.2) is 35.2 Å². The van der Waals surface area contributed by atoms with Crippen molar-refractivity contribution in [1.29, 1.82) is 0 Å². The lowest BCUT2D eigenvalue weighted by Crippen LogP contribution is -2.33. The molecule has 0 aromatic carbocycles. The summed E-state index contributed by atoms with van der Waals surface area (Å²) in [5.41, 5.74) is -0.117. The van der Waals surface area contributed by atoms with Crippen molar-refractivity contribution in [2.24, 2.45) is 0 Å². The molecule has 2 unspecified atom stereocenters. The van der Waals surface area contributed by atoms with Crippen molar-refractivity contribution in [3.8, 4) is 0 Å². The van der Waals surface area contributed by atoms with E-state index in [2.05, 4.69) is 10.4 Å². The fourth-order valence-electron chi connectivity index (χ4n) is 2.07. The Morgan fingerprint density at radius 3 is 2.95 bits per heavy atom. The largest absolute Gasteiger partial charge is 0.468 e. The topological polar surface area (TPSA) is 127 Å². The molecule has 2 aromatic heterocycles. The summed E-state index contributed by atoms with van der Waals surface area (Å²) < 4.78 is 6.60. The Labute approximate surface area is 126 Å². The Balaban J connectivity index is 1.85. The fourth-order valence-corrected chi connectivity index (χ4v) is 2.07. The quantitative estimate of drug-likeness (QED) is 0.453. The summed E-state index contributed by atoms with van der Waals surface area (Å²) in [6.45, 7) is 0.351. The van der Waals surface area contributed by atoms with Gasteiger partial charge in [0, 0.05) is 13.2 Å². The van der Waals surface area contributed by atoms with Crippen molar-refractivity contribution in [1.82, 2.24) is 15.1 Å². The van der Waals surface area contributed by atoms with Crippen LogP contribution in [0.1, 0.15) is 18.2 Å². The first-order valence-electron chi connectivity index (χ1n) is 6.82. The molecule has 0 aliphatic heterocycles. The number of aromatic nitrogens is 2. The minimum atomic E-state index is -0.782.